The quantitative estimate of drug-likeness (QED) is 0.825. The molecular weight excluding hydrogens is 346 g/mol. The van der Waals surface area contributed by atoms with Crippen molar-refractivity contribution in [3.05, 3.63) is 47.8 Å². The lowest BCUT2D eigenvalue weighted by Crippen LogP contribution is -2.58. The lowest BCUT2D eigenvalue weighted by atomic mass is 10.1. The number of benzene rings is 1. The van der Waals surface area contributed by atoms with E-state index in [1.54, 1.807) is 42.1 Å². The van der Waals surface area contributed by atoms with E-state index < -0.39 is 0 Å². The molecule has 0 saturated carbocycles. The summed E-state index contributed by atoms with van der Waals surface area (Å²) < 4.78 is 7.21. The average molecular weight is 371 g/mol. The number of rotatable bonds is 5. The van der Waals surface area contributed by atoms with Gasteiger partial charge in [0.1, 0.15) is 11.8 Å². The molecule has 8 heteroatoms. The van der Waals surface area contributed by atoms with Crippen molar-refractivity contribution < 1.29 is 14.3 Å². The Hall–Kier alpha value is -2.87. The number of hydrogen-bond acceptors (Lipinski definition) is 5. The van der Waals surface area contributed by atoms with Crippen molar-refractivity contribution in [1.29, 1.82) is 0 Å². The molecule has 1 saturated heterocycles. The van der Waals surface area contributed by atoms with Gasteiger partial charge in [-0.3, -0.25) is 19.2 Å². The van der Waals surface area contributed by atoms with Gasteiger partial charge in [0.25, 0.3) is 5.91 Å². The van der Waals surface area contributed by atoms with E-state index in [1.807, 2.05) is 30.3 Å². The zero-order valence-electron chi connectivity index (χ0n) is 15.9. The Balaban J connectivity index is 1.81. The molecule has 8 nitrogen and oxygen atoms in total. The lowest BCUT2D eigenvalue weighted by molar-refractivity contribution is -0.127. The minimum absolute atomic E-state index is 0.0795. The Morgan fingerprint density at radius 3 is 2.81 bits per heavy atom. The van der Waals surface area contributed by atoms with Crippen LogP contribution in [0.1, 0.15) is 15.9 Å². The van der Waals surface area contributed by atoms with E-state index in [0.29, 0.717) is 37.5 Å². The maximum Gasteiger partial charge on any atom is 0.253 e. The second kappa shape index (κ2) is 8.22. The number of hydrogen-bond donors (Lipinski definition) is 1. The van der Waals surface area contributed by atoms with Crippen LogP contribution in [-0.2, 0) is 11.3 Å². The first-order valence-electron chi connectivity index (χ1n) is 8.89. The number of ether oxygens (including phenoxy) is 1. The molecule has 3 rings (SSSR count). The minimum atomic E-state index is -0.338. The average Bonchev–Trinajstić information content (AvgIpc) is 3.20. The highest BCUT2D eigenvalue weighted by atomic mass is 16.5. The van der Waals surface area contributed by atoms with Crippen molar-refractivity contribution in [2.24, 2.45) is 0 Å². The van der Waals surface area contributed by atoms with Gasteiger partial charge in [0.15, 0.2) is 0 Å². The van der Waals surface area contributed by atoms with Crippen LogP contribution in [0.15, 0.2) is 36.7 Å². The van der Waals surface area contributed by atoms with Gasteiger partial charge in [0, 0.05) is 50.2 Å². The minimum Gasteiger partial charge on any atom is -0.496 e. The summed E-state index contributed by atoms with van der Waals surface area (Å²) in [6.45, 7) is 2.12. The third-order valence-electron chi connectivity index (χ3n) is 4.90. The van der Waals surface area contributed by atoms with Crippen LogP contribution in [0.3, 0.4) is 0 Å². The van der Waals surface area contributed by atoms with E-state index in [2.05, 4.69) is 10.4 Å². The second-order valence-electron chi connectivity index (χ2n) is 6.59. The molecule has 144 valence electrons. The van der Waals surface area contributed by atoms with Gasteiger partial charge in [-0.25, -0.2) is 0 Å². The molecule has 1 aromatic heterocycles. The summed E-state index contributed by atoms with van der Waals surface area (Å²) >= 11 is 0. The maximum absolute atomic E-state index is 13.0. The molecule has 1 atom stereocenters. The SMILES string of the molecule is CNC(=O)C1CN(C(=O)c2ccc(OC)c(Cn3cccn3)c2)CCN1C. The normalized spacial score (nSPS) is 17.6. The van der Waals surface area contributed by atoms with Crippen molar-refractivity contribution in [2.45, 2.75) is 12.6 Å². The predicted octanol–water partition coefficient (Wildman–Crippen LogP) is 0.442. The zero-order chi connectivity index (χ0) is 19.4. The topological polar surface area (TPSA) is 79.7 Å². The number of methoxy groups -OCH3 is 1. The van der Waals surface area contributed by atoms with Crippen LogP contribution in [0.5, 0.6) is 5.75 Å². The molecular formula is C19H25N5O3. The smallest absolute Gasteiger partial charge is 0.253 e. The molecule has 1 fully saturated rings. The van der Waals surface area contributed by atoms with Crippen LogP contribution in [0.2, 0.25) is 0 Å². The van der Waals surface area contributed by atoms with Gasteiger partial charge in [-0.1, -0.05) is 0 Å². The third-order valence-corrected chi connectivity index (χ3v) is 4.90. The second-order valence-corrected chi connectivity index (χ2v) is 6.59. The number of aromatic nitrogens is 2. The highest BCUT2D eigenvalue weighted by Crippen LogP contribution is 2.22. The Kier molecular flexibility index (Phi) is 5.75. The lowest BCUT2D eigenvalue weighted by Gasteiger charge is -2.38. The molecule has 1 aliphatic rings. The Morgan fingerprint density at radius 2 is 2.15 bits per heavy atom. The number of amides is 2. The summed E-state index contributed by atoms with van der Waals surface area (Å²) in [5, 5.41) is 6.88. The van der Waals surface area contributed by atoms with Gasteiger partial charge in [-0.15, -0.1) is 0 Å². The first kappa shape index (κ1) is 18.9. The summed E-state index contributed by atoms with van der Waals surface area (Å²) in [6.07, 6.45) is 3.58. The highest BCUT2D eigenvalue weighted by molar-refractivity contribution is 5.95. The summed E-state index contributed by atoms with van der Waals surface area (Å²) in [5.74, 6) is 0.550. The number of piperazine rings is 1. The molecule has 27 heavy (non-hydrogen) atoms. The number of carbonyl (C=O) groups is 2. The van der Waals surface area contributed by atoms with Crippen molar-refractivity contribution in [1.82, 2.24) is 24.9 Å². The van der Waals surface area contributed by atoms with Crippen LogP contribution in [0, 0.1) is 0 Å². The van der Waals surface area contributed by atoms with Crippen LogP contribution in [-0.4, -0.2) is 78.3 Å². The molecule has 0 aliphatic carbocycles. The Labute approximate surface area is 158 Å². The molecule has 0 radical (unpaired) electrons. The first-order chi connectivity index (χ1) is 13.0. The number of likely N-dealkylation sites (N-methyl/N-ethyl adjacent to an activating group) is 2. The van der Waals surface area contributed by atoms with Crippen molar-refractivity contribution in [2.75, 3.05) is 40.8 Å². The molecule has 2 heterocycles. The Bertz CT molecular complexity index is 806. The van der Waals surface area contributed by atoms with Gasteiger partial charge < -0.3 is 15.0 Å². The molecule has 1 unspecified atom stereocenters. The first-order valence-corrected chi connectivity index (χ1v) is 8.89. The van der Waals surface area contributed by atoms with Crippen LogP contribution in [0.25, 0.3) is 0 Å². The zero-order valence-corrected chi connectivity index (χ0v) is 15.9. The highest BCUT2D eigenvalue weighted by Gasteiger charge is 2.32. The van der Waals surface area contributed by atoms with Crippen molar-refractivity contribution in [3.63, 3.8) is 0 Å². The summed E-state index contributed by atoms with van der Waals surface area (Å²) in [5.41, 5.74) is 1.46. The Morgan fingerprint density at radius 1 is 1.33 bits per heavy atom. The van der Waals surface area contributed by atoms with E-state index in [0.717, 1.165) is 5.56 Å². The number of carbonyl (C=O) groups excluding carboxylic acids is 2. The van der Waals surface area contributed by atoms with Gasteiger partial charge in [-0.2, -0.15) is 5.10 Å². The maximum atomic E-state index is 13.0. The predicted molar refractivity (Wildman–Crippen MR) is 101 cm³/mol. The van der Waals surface area contributed by atoms with Crippen LogP contribution in [0.4, 0.5) is 0 Å². The number of nitrogens with zero attached hydrogens (tertiary/aromatic N) is 4. The van der Waals surface area contributed by atoms with Crippen LogP contribution >= 0.6 is 0 Å². The van der Waals surface area contributed by atoms with Crippen molar-refractivity contribution in [3.8, 4) is 5.75 Å². The molecule has 0 spiro atoms. The van der Waals surface area contributed by atoms with Crippen molar-refractivity contribution >= 4 is 11.8 Å². The molecule has 2 aromatic rings. The summed E-state index contributed by atoms with van der Waals surface area (Å²) in [4.78, 5) is 28.8. The summed E-state index contributed by atoms with van der Waals surface area (Å²) in [7, 11) is 5.12. The molecule has 0 bridgehead atoms. The summed E-state index contributed by atoms with van der Waals surface area (Å²) in [6, 6.07) is 6.93. The van der Waals surface area contributed by atoms with E-state index in [9.17, 15) is 9.59 Å². The molecule has 1 N–H and O–H groups in total. The van der Waals surface area contributed by atoms with Crippen LogP contribution < -0.4 is 10.1 Å². The fourth-order valence-corrected chi connectivity index (χ4v) is 3.29. The van der Waals surface area contributed by atoms with E-state index >= 15 is 0 Å². The largest absolute Gasteiger partial charge is 0.496 e. The van der Waals surface area contributed by atoms with Gasteiger partial charge in [-0.05, 0) is 31.3 Å². The van der Waals surface area contributed by atoms with Gasteiger partial charge in [0.05, 0.1) is 13.7 Å². The van der Waals surface area contributed by atoms with Gasteiger partial charge >= 0.3 is 0 Å². The standard InChI is InChI=1S/C19H25N5O3/c1-20-18(25)16-13-23(10-9-22(16)2)19(26)14-5-6-17(27-3)15(11-14)12-24-8-4-7-21-24/h4-8,11,16H,9-10,12-13H2,1-3H3,(H,20,25). The van der Waals surface area contributed by atoms with Gasteiger partial charge in [0.2, 0.25) is 5.91 Å². The molecule has 1 aromatic carbocycles. The third kappa shape index (κ3) is 4.11. The molecule has 2 amide bonds. The molecule has 1 aliphatic heterocycles. The fourth-order valence-electron chi connectivity index (χ4n) is 3.29. The fraction of sp³-hybridized carbons (Fsp3) is 0.421. The van der Waals surface area contributed by atoms with E-state index in [4.69, 9.17) is 4.74 Å². The van der Waals surface area contributed by atoms with E-state index in [1.165, 1.54) is 0 Å². The monoisotopic (exact) mass is 371 g/mol. The number of nitrogens with one attached hydrogen (secondary N) is 1. The van der Waals surface area contributed by atoms with E-state index in [-0.39, 0.29) is 17.9 Å².